The summed E-state index contributed by atoms with van der Waals surface area (Å²) in [5, 5.41) is 11.5. The van der Waals surface area contributed by atoms with Gasteiger partial charge in [-0.1, -0.05) is 0 Å². The number of carbonyl (C=O) groups is 2. The minimum Gasteiger partial charge on any atom is -0.481 e. The third kappa shape index (κ3) is 4.80. The van der Waals surface area contributed by atoms with Crippen LogP contribution < -0.4 is 5.32 Å². The van der Waals surface area contributed by atoms with Crippen molar-refractivity contribution >= 4 is 11.9 Å². The second-order valence-electron chi connectivity index (χ2n) is 5.38. The molecule has 1 rings (SSSR count). The molecule has 6 nitrogen and oxygen atoms in total. The molecule has 1 fully saturated rings. The SMILES string of the molecule is CNC(C)(C)C(=O)N1CCC(OCCC(=O)O)CC1. The van der Waals surface area contributed by atoms with Gasteiger partial charge >= 0.3 is 5.97 Å². The van der Waals surface area contributed by atoms with E-state index in [1.807, 2.05) is 18.7 Å². The van der Waals surface area contributed by atoms with Crippen LogP contribution in [0.4, 0.5) is 0 Å². The van der Waals surface area contributed by atoms with Gasteiger partial charge in [0.05, 0.1) is 24.7 Å². The van der Waals surface area contributed by atoms with Gasteiger partial charge in [0.15, 0.2) is 0 Å². The highest BCUT2D eigenvalue weighted by molar-refractivity contribution is 5.85. The van der Waals surface area contributed by atoms with Gasteiger partial charge in [0.25, 0.3) is 0 Å². The van der Waals surface area contributed by atoms with E-state index in [9.17, 15) is 9.59 Å². The number of aliphatic carboxylic acids is 1. The molecule has 1 amide bonds. The van der Waals surface area contributed by atoms with E-state index < -0.39 is 11.5 Å². The van der Waals surface area contributed by atoms with Crippen LogP contribution in [0, 0.1) is 0 Å². The second kappa shape index (κ2) is 6.86. The third-order valence-electron chi connectivity index (χ3n) is 3.56. The van der Waals surface area contributed by atoms with E-state index in [4.69, 9.17) is 9.84 Å². The number of hydrogen-bond donors (Lipinski definition) is 2. The van der Waals surface area contributed by atoms with Crippen molar-refractivity contribution in [2.45, 2.75) is 44.8 Å². The average Bonchev–Trinajstić information content (AvgIpc) is 2.38. The third-order valence-corrected chi connectivity index (χ3v) is 3.56. The first-order valence-corrected chi connectivity index (χ1v) is 6.68. The predicted molar refractivity (Wildman–Crippen MR) is 70.9 cm³/mol. The summed E-state index contributed by atoms with van der Waals surface area (Å²) in [7, 11) is 1.78. The van der Waals surface area contributed by atoms with Crippen LogP contribution in [0.3, 0.4) is 0 Å². The van der Waals surface area contributed by atoms with Gasteiger partial charge in [-0.3, -0.25) is 9.59 Å². The molecule has 0 radical (unpaired) electrons. The minimum absolute atomic E-state index is 0.0337. The molecule has 0 aromatic heterocycles. The lowest BCUT2D eigenvalue weighted by atomic mass is 10.0. The maximum absolute atomic E-state index is 12.2. The quantitative estimate of drug-likeness (QED) is 0.734. The maximum atomic E-state index is 12.2. The average molecular weight is 272 g/mol. The molecule has 1 aliphatic heterocycles. The molecule has 1 aliphatic rings. The summed E-state index contributed by atoms with van der Waals surface area (Å²) in [6, 6.07) is 0. The van der Waals surface area contributed by atoms with Crippen LogP contribution in [0.2, 0.25) is 0 Å². The normalized spacial score (nSPS) is 17.5. The lowest BCUT2D eigenvalue weighted by molar-refractivity contribution is -0.140. The van der Waals surface area contributed by atoms with Crippen molar-refractivity contribution < 1.29 is 19.4 Å². The van der Waals surface area contributed by atoms with Gasteiger partial charge in [-0.15, -0.1) is 0 Å². The Balaban J connectivity index is 2.33. The Morgan fingerprint density at radius 2 is 1.95 bits per heavy atom. The van der Waals surface area contributed by atoms with Crippen molar-refractivity contribution in [2.75, 3.05) is 26.7 Å². The number of hydrogen-bond acceptors (Lipinski definition) is 4. The number of carboxylic acids is 1. The van der Waals surface area contributed by atoms with E-state index in [-0.39, 0.29) is 25.0 Å². The van der Waals surface area contributed by atoms with E-state index in [0.717, 1.165) is 12.8 Å². The zero-order valence-electron chi connectivity index (χ0n) is 11.9. The van der Waals surface area contributed by atoms with E-state index in [1.54, 1.807) is 7.05 Å². The topological polar surface area (TPSA) is 78.9 Å². The summed E-state index contributed by atoms with van der Waals surface area (Å²) < 4.78 is 5.50. The molecule has 110 valence electrons. The van der Waals surface area contributed by atoms with Gasteiger partial charge in [-0.25, -0.2) is 0 Å². The Morgan fingerprint density at radius 3 is 2.42 bits per heavy atom. The first-order chi connectivity index (χ1) is 8.86. The van der Waals surface area contributed by atoms with Gasteiger partial charge in [0.2, 0.25) is 5.91 Å². The lowest BCUT2D eigenvalue weighted by Gasteiger charge is -2.36. The molecule has 0 aliphatic carbocycles. The van der Waals surface area contributed by atoms with Gasteiger partial charge in [0, 0.05) is 13.1 Å². The molecule has 0 unspecified atom stereocenters. The van der Waals surface area contributed by atoms with E-state index >= 15 is 0 Å². The van der Waals surface area contributed by atoms with Crippen molar-refractivity contribution in [2.24, 2.45) is 0 Å². The van der Waals surface area contributed by atoms with Crippen LogP contribution in [0.1, 0.15) is 33.1 Å². The van der Waals surface area contributed by atoms with Crippen LogP contribution in [0.15, 0.2) is 0 Å². The highest BCUT2D eigenvalue weighted by atomic mass is 16.5. The largest absolute Gasteiger partial charge is 0.481 e. The highest BCUT2D eigenvalue weighted by Crippen LogP contribution is 2.17. The summed E-state index contributed by atoms with van der Waals surface area (Å²) in [4.78, 5) is 24.4. The molecular formula is C13H24N2O4. The number of rotatable bonds is 6. The molecule has 0 spiro atoms. The Kier molecular flexibility index (Phi) is 5.75. The summed E-state index contributed by atoms with van der Waals surface area (Å²) in [6.45, 7) is 5.31. The first kappa shape index (κ1) is 15.9. The summed E-state index contributed by atoms with van der Waals surface area (Å²) in [5.41, 5.74) is -0.545. The molecule has 0 aromatic rings. The molecule has 0 aromatic carbocycles. The van der Waals surface area contributed by atoms with Crippen LogP contribution in [-0.2, 0) is 14.3 Å². The van der Waals surface area contributed by atoms with Crippen molar-refractivity contribution in [1.29, 1.82) is 0 Å². The number of carbonyl (C=O) groups excluding carboxylic acids is 1. The van der Waals surface area contributed by atoms with E-state index in [0.29, 0.717) is 13.1 Å². The van der Waals surface area contributed by atoms with Crippen molar-refractivity contribution in [3.63, 3.8) is 0 Å². The standard InChI is InChI=1S/C13H24N2O4/c1-13(2,14-3)12(18)15-7-4-10(5-8-15)19-9-6-11(16)17/h10,14H,4-9H2,1-3H3,(H,16,17). The number of carboxylic acid groups (broad SMARTS) is 1. The second-order valence-corrected chi connectivity index (χ2v) is 5.38. The molecule has 1 heterocycles. The van der Waals surface area contributed by atoms with Crippen LogP contribution >= 0.6 is 0 Å². The van der Waals surface area contributed by atoms with Gasteiger partial charge < -0.3 is 20.1 Å². The first-order valence-electron chi connectivity index (χ1n) is 6.68. The number of amides is 1. The van der Waals surface area contributed by atoms with Crippen LogP contribution in [-0.4, -0.2) is 60.3 Å². The van der Waals surface area contributed by atoms with Crippen LogP contribution in [0.5, 0.6) is 0 Å². The molecule has 19 heavy (non-hydrogen) atoms. The summed E-state index contributed by atoms with van der Waals surface area (Å²) in [5.74, 6) is -0.748. The Morgan fingerprint density at radius 1 is 1.37 bits per heavy atom. The molecule has 0 atom stereocenters. The molecule has 2 N–H and O–H groups in total. The number of likely N-dealkylation sites (tertiary alicyclic amines) is 1. The van der Waals surface area contributed by atoms with Crippen molar-refractivity contribution in [3.8, 4) is 0 Å². The smallest absolute Gasteiger partial charge is 0.305 e. The predicted octanol–water partition coefficient (Wildman–Crippen LogP) is 0.467. The fourth-order valence-electron chi connectivity index (χ4n) is 2.04. The highest BCUT2D eigenvalue weighted by Gasteiger charge is 2.32. The molecule has 6 heteroatoms. The van der Waals surface area contributed by atoms with E-state index in [2.05, 4.69) is 5.32 Å². The summed E-state index contributed by atoms with van der Waals surface area (Å²) >= 11 is 0. The number of ether oxygens (including phenoxy) is 1. The van der Waals surface area contributed by atoms with Gasteiger partial charge in [0.1, 0.15) is 0 Å². The zero-order chi connectivity index (χ0) is 14.5. The zero-order valence-corrected chi connectivity index (χ0v) is 11.9. The van der Waals surface area contributed by atoms with Crippen molar-refractivity contribution in [1.82, 2.24) is 10.2 Å². The molecule has 0 saturated carbocycles. The lowest BCUT2D eigenvalue weighted by Crippen LogP contribution is -2.55. The maximum Gasteiger partial charge on any atom is 0.305 e. The van der Waals surface area contributed by atoms with Gasteiger partial charge in [-0.05, 0) is 33.7 Å². The Hall–Kier alpha value is -1.14. The monoisotopic (exact) mass is 272 g/mol. The Labute approximate surface area is 114 Å². The fraction of sp³-hybridized carbons (Fsp3) is 0.846. The van der Waals surface area contributed by atoms with Crippen LogP contribution in [0.25, 0.3) is 0 Å². The molecule has 0 bridgehead atoms. The minimum atomic E-state index is -0.844. The number of nitrogens with zero attached hydrogens (tertiary/aromatic N) is 1. The fourth-order valence-corrected chi connectivity index (χ4v) is 2.04. The number of likely N-dealkylation sites (N-methyl/N-ethyl adjacent to an activating group) is 1. The molecule has 1 saturated heterocycles. The number of nitrogens with one attached hydrogen (secondary N) is 1. The van der Waals surface area contributed by atoms with Crippen molar-refractivity contribution in [3.05, 3.63) is 0 Å². The Bertz CT molecular complexity index is 323. The van der Waals surface area contributed by atoms with Gasteiger partial charge in [-0.2, -0.15) is 0 Å². The van der Waals surface area contributed by atoms with E-state index in [1.165, 1.54) is 0 Å². The number of piperidine rings is 1. The summed E-state index contributed by atoms with van der Waals surface area (Å²) in [6.07, 6.45) is 1.64. The molecular weight excluding hydrogens is 248 g/mol.